The molecule has 4 heteroatoms. The zero-order valence-electron chi connectivity index (χ0n) is 19.9. The summed E-state index contributed by atoms with van der Waals surface area (Å²) >= 11 is 0. The first-order chi connectivity index (χ1) is 18.7. The summed E-state index contributed by atoms with van der Waals surface area (Å²) in [6.07, 6.45) is 0. The van der Waals surface area contributed by atoms with Gasteiger partial charge in [-0.3, -0.25) is 9.59 Å². The lowest BCUT2D eigenvalue weighted by atomic mass is 9.28. The molecule has 5 aliphatic rings. The van der Waals surface area contributed by atoms with Gasteiger partial charge in [0.25, 0.3) is 6.71 Å². The van der Waals surface area contributed by atoms with E-state index in [1.807, 2.05) is 18.2 Å². The summed E-state index contributed by atoms with van der Waals surface area (Å²) in [5, 5.41) is 4.57. The quantitative estimate of drug-likeness (QED) is 0.276. The van der Waals surface area contributed by atoms with Crippen LogP contribution in [0, 0.1) is 0 Å². The largest absolute Gasteiger partial charge is 0.309 e. The van der Waals surface area contributed by atoms with E-state index in [9.17, 15) is 9.59 Å². The molecule has 0 unspecified atom stereocenters. The van der Waals surface area contributed by atoms with E-state index in [1.54, 1.807) is 0 Å². The highest BCUT2D eigenvalue weighted by molar-refractivity contribution is 7.03. The average Bonchev–Trinajstić information content (AvgIpc) is 2.96. The van der Waals surface area contributed by atoms with Gasteiger partial charge in [0, 0.05) is 44.2 Å². The van der Waals surface area contributed by atoms with Crippen molar-refractivity contribution in [1.29, 1.82) is 0 Å². The van der Waals surface area contributed by atoms with Gasteiger partial charge in [-0.25, -0.2) is 0 Å². The molecule has 3 nitrogen and oxygen atoms in total. The van der Waals surface area contributed by atoms with E-state index < -0.39 is 0 Å². The SMILES string of the molecule is O=C1c2cccc3c2B2c4c1cc1cccc5c1c4N1c4c-5cccc4-c4cccc5cc(c2c1c45)C3=O. The van der Waals surface area contributed by atoms with Crippen LogP contribution in [0.5, 0.6) is 0 Å². The van der Waals surface area contributed by atoms with Crippen molar-refractivity contribution in [2.24, 2.45) is 0 Å². The van der Waals surface area contributed by atoms with Crippen LogP contribution in [0.3, 0.4) is 0 Å². The van der Waals surface area contributed by atoms with Crippen molar-refractivity contribution < 1.29 is 9.59 Å². The molecule has 0 amide bonds. The maximum absolute atomic E-state index is 14.1. The van der Waals surface area contributed by atoms with Crippen LogP contribution in [0.1, 0.15) is 31.8 Å². The van der Waals surface area contributed by atoms with Crippen molar-refractivity contribution in [2.45, 2.75) is 0 Å². The molecule has 0 aromatic heterocycles. The summed E-state index contributed by atoms with van der Waals surface area (Å²) in [5.41, 5.74) is 14.1. The Morgan fingerprint density at radius 3 is 1.42 bits per heavy atom. The molecular weight excluding hydrogens is 465 g/mol. The van der Waals surface area contributed by atoms with Crippen molar-refractivity contribution >= 4 is 73.3 Å². The number of anilines is 3. The van der Waals surface area contributed by atoms with Gasteiger partial charge in [0.05, 0.1) is 17.1 Å². The summed E-state index contributed by atoms with van der Waals surface area (Å²) < 4.78 is 0. The fraction of sp³-hybridized carbons (Fsp3) is 0. The number of carbonyl (C=O) groups excluding carboxylic acids is 2. The maximum atomic E-state index is 14.1. The first-order valence-corrected chi connectivity index (χ1v) is 13.1. The number of nitrogens with zero attached hydrogens (tertiary/aromatic N) is 1. The van der Waals surface area contributed by atoms with Crippen molar-refractivity contribution in [3.63, 3.8) is 0 Å². The van der Waals surface area contributed by atoms with Gasteiger partial charge in [0.15, 0.2) is 11.6 Å². The molecule has 0 bridgehead atoms. The number of para-hydroxylation sites is 1. The summed E-state index contributed by atoms with van der Waals surface area (Å²) in [6, 6.07) is 29.4. The standard InChI is InChI=1S/C34H14BNO2/c37-33-21-11-4-12-22-27(21)35-28-23(33)13-15-5-1-7-17-19-9-3-10-20-18-8-2-6-16-14-24(34(22)38)29(35)32(26(16)18)36(30(19)20)31(28)25(15)17/h1-14H. The highest BCUT2D eigenvalue weighted by Crippen LogP contribution is 2.60. The Labute approximate surface area is 217 Å². The molecule has 0 saturated carbocycles. The van der Waals surface area contributed by atoms with E-state index in [4.69, 9.17) is 0 Å². The lowest BCUT2D eigenvalue weighted by Gasteiger charge is -2.48. The number of rotatable bonds is 0. The Bertz CT molecular complexity index is 2140. The Morgan fingerprint density at radius 1 is 0.447 bits per heavy atom. The van der Waals surface area contributed by atoms with Crippen LogP contribution >= 0.6 is 0 Å². The normalized spacial score (nSPS) is 15.4. The minimum absolute atomic E-state index is 0.0222. The number of hydrogen-bond acceptors (Lipinski definition) is 3. The number of ketones is 2. The van der Waals surface area contributed by atoms with Gasteiger partial charge in [0.1, 0.15) is 0 Å². The summed E-state index contributed by atoms with van der Waals surface area (Å²) in [6.45, 7) is -0.135. The Balaban J connectivity index is 1.51. The Morgan fingerprint density at radius 2 is 0.895 bits per heavy atom. The molecule has 0 radical (unpaired) electrons. The van der Waals surface area contributed by atoms with Crippen molar-refractivity contribution in [2.75, 3.05) is 4.90 Å². The molecule has 6 aromatic carbocycles. The van der Waals surface area contributed by atoms with Crippen LogP contribution in [0.15, 0.2) is 84.9 Å². The van der Waals surface area contributed by atoms with Gasteiger partial charge in [-0.2, -0.15) is 0 Å². The summed E-state index contributed by atoms with van der Waals surface area (Å²) in [7, 11) is 0. The molecule has 0 spiro atoms. The fourth-order valence-corrected chi connectivity index (χ4v) is 8.32. The number of carbonyl (C=O) groups is 2. The van der Waals surface area contributed by atoms with Crippen LogP contribution in [-0.4, -0.2) is 18.3 Å². The van der Waals surface area contributed by atoms with Crippen LogP contribution in [-0.2, 0) is 0 Å². The van der Waals surface area contributed by atoms with Crippen LogP contribution < -0.4 is 21.3 Å². The smallest absolute Gasteiger partial charge is 0.250 e. The van der Waals surface area contributed by atoms with E-state index in [1.165, 1.54) is 33.0 Å². The molecule has 11 rings (SSSR count). The zero-order chi connectivity index (χ0) is 24.6. The average molecular weight is 479 g/mol. The van der Waals surface area contributed by atoms with Gasteiger partial charge in [-0.05, 0) is 50.4 Å². The molecule has 5 aliphatic heterocycles. The lowest BCUT2D eigenvalue weighted by Crippen LogP contribution is -2.67. The van der Waals surface area contributed by atoms with E-state index in [0.29, 0.717) is 11.1 Å². The van der Waals surface area contributed by atoms with Gasteiger partial charge in [0.2, 0.25) is 0 Å². The Hall–Kier alpha value is -4.96. The first kappa shape index (κ1) is 18.3. The van der Waals surface area contributed by atoms with Crippen LogP contribution in [0.25, 0.3) is 43.8 Å². The molecule has 170 valence electrons. The van der Waals surface area contributed by atoms with Crippen molar-refractivity contribution in [1.82, 2.24) is 0 Å². The molecular formula is C34H14BNO2. The summed E-state index contributed by atoms with van der Waals surface area (Å²) in [4.78, 5) is 30.7. The highest BCUT2D eigenvalue weighted by Gasteiger charge is 2.52. The number of hydrogen-bond donors (Lipinski definition) is 0. The van der Waals surface area contributed by atoms with E-state index in [0.717, 1.165) is 55.3 Å². The highest BCUT2D eigenvalue weighted by atomic mass is 16.1. The molecule has 0 fully saturated rings. The van der Waals surface area contributed by atoms with Gasteiger partial charge >= 0.3 is 0 Å². The third kappa shape index (κ3) is 1.63. The monoisotopic (exact) mass is 479 g/mol. The second kappa shape index (κ2) is 5.48. The van der Waals surface area contributed by atoms with Crippen LogP contribution in [0.4, 0.5) is 17.1 Å². The second-order valence-corrected chi connectivity index (χ2v) is 11.1. The van der Waals surface area contributed by atoms with E-state index >= 15 is 0 Å². The van der Waals surface area contributed by atoms with Gasteiger partial charge < -0.3 is 4.90 Å². The minimum Gasteiger partial charge on any atom is -0.309 e. The van der Waals surface area contributed by atoms with Crippen molar-refractivity contribution in [3.8, 4) is 22.3 Å². The third-order valence-electron chi connectivity index (χ3n) is 9.60. The fourth-order valence-electron chi connectivity index (χ4n) is 8.32. The number of fused-ring (bicyclic) bond motifs is 2. The molecule has 38 heavy (non-hydrogen) atoms. The third-order valence-corrected chi connectivity index (χ3v) is 9.60. The molecule has 5 heterocycles. The molecule has 0 atom stereocenters. The predicted octanol–water partition coefficient (Wildman–Crippen LogP) is 5.34. The van der Waals surface area contributed by atoms with Crippen LogP contribution in [0.2, 0.25) is 0 Å². The molecule has 6 aromatic rings. The zero-order valence-corrected chi connectivity index (χ0v) is 19.9. The summed E-state index contributed by atoms with van der Waals surface area (Å²) in [5.74, 6) is 0.0443. The maximum Gasteiger partial charge on any atom is 0.250 e. The predicted molar refractivity (Wildman–Crippen MR) is 152 cm³/mol. The second-order valence-electron chi connectivity index (χ2n) is 11.1. The van der Waals surface area contributed by atoms with E-state index in [2.05, 4.69) is 71.6 Å². The van der Waals surface area contributed by atoms with Gasteiger partial charge in [-0.15, -0.1) is 0 Å². The lowest BCUT2D eigenvalue weighted by molar-refractivity contribution is 0.103. The van der Waals surface area contributed by atoms with E-state index in [-0.39, 0.29) is 18.3 Å². The molecule has 0 aliphatic carbocycles. The minimum atomic E-state index is -0.135. The molecule has 0 N–H and O–H groups in total. The van der Waals surface area contributed by atoms with Gasteiger partial charge in [-0.1, -0.05) is 72.8 Å². The topological polar surface area (TPSA) is 37.4 Å². The Kier molecular flexibility index (Phi) is 2.64. The first-order valence-electron chi connectivity index (χ1n) is 13.1. The van der Waals surface area contributed by atoms with Crippen molar-refractivity contribution in [3.05, 3.63) is 107 Å². The number of benzene rings is 6. The molecule has 0 saturated heterocycles.